The Balaban J connectivity index is 2.09. The number of piperidine rings is 1. The maximum absolute atomic E-state index is 9.14. The van der Waals surface area contributed by atoms with E-state index in [1.165, 1.54) is 5.56 Å². The molecule has 0 radical (unpaired) electrons. The molecule has 0 saturated carbocycles. The van der Waals surface area contributed by atoms with Gasteiger partial charge in [0.1, 0.15) is 0 Å². The molecule has 1 aliphatic heterocycles. The van der Waals surface area contributed by atoms with E-state index in [1.54, 1.807) is 0 Å². The first-order valence-corrected chi connectivity index (χ1v) is 5.74. The van der Waals surface area contributed by atoms with Gasteiger partial charge in [-0.05, 0) is 36.0 Å². The lowest BCUT2D eigenvalue weighted by Gasteiger charge is -2.29. The third kappa shape index (κ3) is 2.71. The predicted molar refractivity (Wildman–Crippen MR) is 62.3 cm³/mol. The fourth-order valence-corrected chi connectivity index (χ4v) is 2.38. The molecule has 2 atom stereocenters. The second-order valence-electron chi connectivity index (χ2n) is 4.19. The summed E-state index contributed by atoms with van der Waals surface area (Å²) in [6, 6.07) is 8.01. The molecule has 2 rings (SSSR count). The van der Waals surface area contributed by atoms with Crippen LogP contribution in [0.2, 0.25) is 5.02 Å². The molecule has 2 unspecified atom stereocenters. The van der Waals surface area contributed by atoms with E-state index in [-0.39, 0.29) is 6.61 Å². The fraction of sp³-hybridized carbons (Fsp3) is 0.500. The highest BCUT2D eigenvalue weighted by Gasteiger charge is 2.22. The smallest absolute Gasteiger partial charge is 0.0471 e. The van der Waals surface area contributed by atoms with Gasteiger partial charge < -0.3 is 10.4 Å². The van der Waals surface area contributed by atoms with E-state index in [1.807, 2.05) is 18.2 Å². The molecule has 0 aromatic heterocycles. The zero-order valence-electron chi connectivity index (χ0n) is 8.62. The van der Waals surface area contributed by atoms with E-state index in [0.717, 1.165) is 24.5 Å². The van der Waals surface area contributed by atoms with Gasteiger partial charge in [0.15, 0.2) is 0 Å². The minimum Gasteiger partial charge on any atom is -0.396 e. The Morgan fingerprint density at radius 3 is 3.00 bits per heavy atom. The van der Waals surface area contributed by atoms with E-state index in [9.17, 15) is 0 Å². The van der Waals surface area contributed by atoms with Gasteiger partial charge in [-0.2, -0.15) is 0 Å². The summed E-state index contributed by atoms with van der Waals surface area (Å²) in [4.78, 5) is 0. The largest absolute Gasteiger partial charge is 0.396 e. The van der Waals surface area contributed by atoms with Gasteiger partial charge in [0.05, 0.1) is 0 Å². The average molecular weight is 226 g/mol. The quantitative estimate of drug-likeness (QED) is 0.807. The van der Waals surface area contributed by atoms with E-state index < -0.39 is 0 Å². The van der Waals surface area contributed by atoms with Gasteiger partial charge in [0.2, 0.25) is 0 Å². The van der Waals surface area contributed by atoms with Crippen molar-refractivity contribution >= 4 is 11.6 Å². The maximum Gasteiger partial charge on any atom is 0.0471 e. The summed E-state index contributed by atoms with van der Waals surface area (Å²) >= 11 is 5.96. The molecule has 1 aliphatic rings. The number of hydrogen-bond acceptors (Lipinski definition) is 2. The molecule has 0 bridgehead atoms. The Hall–Kier alpha value is -0.570. The van der Waals surface area contributed by atoms with Crippen molar-refractivity contribution in [3.63, 3.8) is 0 Å². The van der Waals surface area contributed by atoms with Crippen LogP contribution in [-0.2, 0) is 0 Å². The van der Waals surface area contributed by atoms with Gasteiger partial charge >= 0.3 is 0 Å². The minimum atomic E-state index is 0.268. The second-order valence-corrected chi connectivity index (χ2v) is 4.63. The number of aliphatic hydroxyl groups is 1. The molecular formula is C12H16ClNO. The lowest BCUT2D eigenvalue weighted by atomic mass is 9.86. The van der Waals surface area contributed by atoms with Crippen molar-refractivity contribution < 1.29 is 5.11 Å². The van der Waals surface area contributed by atoms with Crippen LogP contribution in [0.3, 0.4) is 0 Å². The van der Waals surface area contributed by atoms with Gasteiger partial charge in [-0.25, -0.2) is 0 Å². The summed E-state index contributed by atoms with van der Waals surface area (Å²) in [6.07, 6.45) is 1.05. The number of hydrogen-bond donors (Lipinski definition) is 2. The third-order valence-electron chi connectivity index (χ3n) is 3.02. The maximum atomic E-state index is 9.14. The molecule has 1 fully saturated rings. The monoisotopic (exact) mass is 225 g/mol. The van der Waals surface area contributed by atoms with Crippen molar-refractivity contribution in [1.29, 1.82) is 0 Å². The second kappa shape index (κ2) is 4.97. The predicted octanol–water partition coefficient (Wildman–Crippen LogP) is 2.03. The standard InChI is InChI=1S/C12H16ClNO/c13-12-3-1-2-10(5-12)11-4-9(8-15)6-14-7-11/h1-3,5,9,11,14-15H,4,6-8H2. The van der Waals surface area contributed by atoms with Crippen LogP contribution in [0, 0.1) is 5.92 Å². The first-order chi connectivity index (χ1) is 7.29. The Morgan fingerprint density at radius 2 is 2.27 bits per heavy atom. The van der Waals surface area contributed by atoms with Crippen LogP contribution in [-0.4, -0.2) is 24.8 Å². The van der Waals surface area contributed by atoms with E-state index in [4.69, 9.17) is 16.7 Å². The summed E-state index contributed by atoms with van der Waals surface area (Å²) in [5.74, 6) is 0.859. The molecular weight excluding hydrogens is 210 g/mol. The van der Waals surface area contributed by atoms with Crippen LogP contribution >= 0.6 is 11.6 Å². The summed E-state index contributed by atoms with van der Waals surface area (Å²) in [5.41, 5.74) is 1.27. The lowest BCUT2D eigenvalue weighted by molar-refractivity contribution is 0.190. The lowest BCUT2D eigenvalue weighted by Crippen LogP contribution is -2.36. The Bertz CT molecular complexity index is 329. The van der Waals surface area contributed by atoms with Gasteiger partial charge in [-0.1, -0.05) is 23.7 Å². The van der Waals surface area contributed by atoms with Crippen LogP contribution in [0.4, 0.5) is 0 Å². The summed E-state index contributed by atoms with van der Waals surface area (Å²) in [6.45, 7) is 2.18. The zero-order chi connectivity index (χ0) is 10.7. The SMILES string of the molecule is OCC1CNCC(c2cccc(Cl)c2)C1. The van der Waals surface area contributed by atoms with Crippen LogP contribution in [0.1, 0.15) is 17.9 Å². The highest BCUT2D eigenvalue weighted by Crippen LogP contribution is 2.27. The molecule has 3 heteroatoms. The number of halogens is 1. The van der Waals surface area contributed by atoms with Crippen molar-refractivity contribution in [3.8, 4) is 0 Å². The molecule has 2 N–H and O–H groups in total. The molecule has 0 aliphatic carbocycles. The summed E-state index contributed by atoms with van der Waals surface area (Å²) in [7, 11) is 0. The van der Waals surface area contributed by atoms with Gasteiger partial charge in [-0.3, -0.25) is 0 Å². The van der Waals surface area contributed by atoms with Crippen molar-refractivity contribution in [3.05, 3.63) is 34.9 Å². The third-order valence-corrected chi connectivity index (χ3v) is 3.25. The van der Waals surface area contributed by atoms with Crippen LogP contribution in [0.25, 0.3) is 0 Å². The van der Waals surface area contributed by atoms with Gasteiger partial charge in [0, 0.05) is 24.7 Å². The average Bonchev–Trinajstić information content (AvgIpc) is 2.29. The van der Waals surface area contributed by atoms with Crippen molar-refractivity contribution in [2.75, 3.05) is 19.7 Å². The Kier molecular flexibility index (Phi) is 3.62. The zero-order valence-corrected chi connectivity index (χ0v) is 9.37. The number of rotatable bonds is 2. The normalized spacial score (nSPS) is 26.5. The number of aliphatic hydroxyl groups excluding tert-OH is 1. The first kappa shape index (κ1) is 10.9. The topological polar surface area (TPSA) is 32.3 Å². The first-order valence-electron chi connectivity index (χ1n) is 5.36. The minimum absolute atomic E-state index is 0.268. The number of benzene rings is 1. The van der Waals surface area contributed by atoms with Crippen LogP contribution in [0.5, 0.6) is 0 Å². The van der Waals surface area contributed by atoms with E-state index >= 15 is 0 Å². The van der Waals surface area contributed by atoms with Gasteiger partial charge in [0.25, 0.3) is 0 Å². The number of nitrogens with one attached hydrogen (secondary N) is 1. The van der Waals surface area contributed by atoms with Crippen LogP contribution in [0.15, 0.2) is 24.3 Å². The molecule has 82 valence electrons. The molecule has 0 spiro atoms. The van der Waals surface area contributed by atoms with Gasteiger partial charge in [-0.15, -0.1) is 0 Å². The molecule has 15 heavy (non-hydrogen) atoms. The summed E-state index contributed by atoms with van der Waals surface area (Å²) in [5, 5.41) is 13.3. The molecule has 0 amide bonds. The molecule has 1 saturated heterocycles. The summed E-state index contributed by atoms with van der Waals surface area (Å²) < 4.78 is 0. The Labute approximate surface area is 95.3 Å². The fourth-order valence-electron chi connectivity index (χ4n) is 2.18. The van der Waals surface area contributed by atoms with Crippen molar-refractivity contribution in [1.82, 2.24) is 5.32 Å². The molecule has 1 aromatic rings. The van der Waals surface area contributed by atoms with Crippen molar-refractivity contribution in [2.24, 2.45) is 5.92 Å². The molecule has 1 aromatic carbocycles. The van der Waals surface area contributed by atoms with E-state index in [0.29, 0.717) is 11.8 Å². The van der Waals surface area contributed by atoms with Crippen molar-refractivity contribution in [2.45, 2.75) is 12.3 Å². The molecule has 1 heterocycles. The van der Waals surface area contributed by atoms with E-state index in [2.05, 4.69) is 11.4 Å². The molecule has 2 nitrogen and oxygen atoms in total. The Morgan fingerprint density at radius 1 is 1.40 bits per heavy atom. The highest BCUT2D eigenvalue weighted by atomic mass is 35.5. The van der Waals surface area contributed by atoms with Crippen LogP contribution < -0.4 is 5.32 Å². The highest BCUT2D eigenvalue weighted by molar-refractivity contribution is 6.30.